The molecule has 4 heteroatoms. The summed E-state index contributed by atoms with van der Waals surface area (Å²) in [7, 11) is 0. The van der Waals surface area contributed by atoms with E-state index in [1.807, 2.05) is 6.08 Å². The molecule has 4 nitrogen and oxygen atoms in total. The van der Waals surface area contributed by atoms with Crippen molar-refractivity contribution in [1.82, 2.24) is 0 Å². The van der Waals surface area contributed by atoms with Crippen LogP contribution < -0.4 is 0 Å². The summed E-state index contributed by atoms with van der Waals surface area (Å²) < 4.78 is 16.2. The molecule has 0 atom stereocenters. The van der Waals surface area contributed by atoms with Gasteiger partial charge in [-0.2, -0.15) is 0 Å². The number of ether oxygens (including phenoxy) is 3. The normalized spacial score (nSPS) is 10.1. The van der Waals surface area contributed by atoms with Crippen LogP contribution in [-0.2, 0) is 14.2 Å². The molecule has 0 bridgehead atoms. The Morgan fingerprint density at radius 1 is 0.842 bits per heavy atom. The van der Waals surface area contributed by atoms with Crippen molar-refractivity contribution in [2.45, 2.75) is 25.7 Å². The average molecular weight is 269 g/mol. The molecule has 0 spiro atoms. The molecule has 0 aliphatic rings. The van der Waals surface area contributed by atoms with Gasteiger partial charge in [0, 0.05) is 19.8 Å². The van der Waals surface area contributed by atoms with Crippen molar-refractivity contribution in [3.8, 4) is 0 Å². The highest BCUT2D eigenvalue weighted by Gasteiger charge is 1.92. The van der Waals surface area contributed by atoms with Gasteiger partial charge in [-0.05, 0) is 38.1 Å². The molecule has 19 heavy (non-hydrogen) atoms. The van der Waals surface area contributed by atoms with E-state index in [1.54, 1.807) is 0 Å². The van der Waals surface area contributed by atoms with Crippen LogP contribution in [-0.4, -0.2) is 52.1 Å². The summed E-state index contributed by atoms with van der Waals surface area (Å²) in [5, 5.41) is 0. The Balaban J connectivity index is 2.95. The zero-order valence-electron chi connectivity index (χ0n) is 11.9. The van der Waals surface area contributed by atoms with Crippen molar-refractivity contribution in [1.29, 1.82) is 0 Å². The molecule has 0 radical (unpaired) electrons. The zero-order valence-corrected chi connectivity index (χ0v) is 11.9. The SMILES string of the molecule is C=C=NCCOCCOCCCCCOCCC=C. The van der Waals surface area contributed by atoms with Crippen LogP contribution in [0, 0.1) is 0 Å². The molecule has 0 N–H and O–H groups in total. The van der Waals surface area contributed by atoms with Gasteiger partial charge in [0.25, 0.3) is 0 Å². The first-order valence-electron chi connectivity index (χ1n) is 6.94. The minimum atomic E-state index is 0.605. The molecule has 0 aromatic carbocycles. The molecule has 0 unspecified atom stereocenters. The Morgan fingerprint density at radius 3 is 2.11 bits per heavy atom. The van der Waals surface area contributed by atoms with Gasteiger partial charge >= 0.3 is 0 Å². The molecule has 0 saturated carbocycles. The Hall–Kier alpha value is -0.930. The molecule has 0 aliphatic heterocycles. The van der Waals surface area contributed by atoms with Gasteiger partial charge in [0.15, 0.2) is 0 Å². The van der Waals surface area contributed by atoms with Crippen molar-refractivity contribution < 1.29 is 14.2 Å². The number of hydrogen-bond acceptors (Lipinski definition) is 4. The minimum Gasteiger partial charge on any atom is -0.381 e. The fourth-order valence-corrected chi connectivity index (χ4v) is 1.36. The molecule has 0 fully saturated rings. The van der Waals surface area contributed by atoms with E-state index in [0.29, 0.717) is 26.4 Å². The lowest BCUT2D eigenvalue weighted by molar-refractivity contribution is 0.0484. The number of hydrogen-bond donors (Lipinski definition) is 0. The van der Waals surface area contributed by atoms with E-state index >= 15 is 0 Å². The summed E-state index contributed by atoms with van der Waals surface area (Å²) in [5.41, 5.74) is 0. The smallest absolute Gasteiger partial charge is 0.0718 e. The molecular formula is C15H27NO3. The van der Waals surface area contributed by atoms with Crippen LogP contribution in [0.15, 0.2) is 24.2 Å². The van der Waals surface area contributed by atoms with Crippen LogP contribution in [0.4, 0.5) is 0 Å². The number of aliphatic imine (C=N–C) groups is 1. The second-order valence-electron chi connectivity index (χ2n) is 4.01. The van der Waals surface area contributed by atoms with Crippen LogP contribution in [0.1, 0.15) is 25.7 Å². The van der Waals surface area contributed by atoms with Gasteiger partial charge in [-0.3, -0.25) is 0 Å². The van der Waals surface area contributed by atoms with E-state index in [9.17, 15) is 0 Å². The fraction of sp³-hybridized carbons (Fsp3) is 0.733. The van der Waals surface area contributed by atoms with Gasteiger partial charge in [0.1, 0.15) is 0 Å². The van der Waals surface area contributed by atoms with Gasteiger partial charge in [-0.15, -0.1) is 6.58 Å². The Morgan fingerprint density at radius 2 is 1.47 bits per heavy atom. The van der Waals surface area contributed by atoms with Crippen molar-refractivity contribution in [3.05, 3.63) is 19.2 Å². The number of unbranched alkanes of at least 4 members (excludes halogenated alkanes) is 2. The van der Waals surface area contributed by atoms with Crippen molar-refractivity contribution in [3.63, 3.8) is 0 Å². The second-order valence-corrected chi connectivity index (χ2v) is 4.01. The number of rotatable bonds is 15. The van der Waals surface area contributed by atoms with Crippen LogP contribution in [0.2, 0.25) is 0 Å². The minimum absolute atomic E-state index is 0.605. The highest BCUT2D eigenvalue weighted by Crippen LogP contribution is 1.97. The summed E-state index contributed by atoms with van der Waals surface area (Å²) >= 11 is 0. The predicted octanol–water partition coefficient (Wildman–Crippen LogP) is 2.64. The van der Waals surface area contributed by atoms with Gasteiger partial charge in [-0.1, -0.05) is 6.08 Å². The first-order valence-corrected chi connectivity index (χ1v) is 6.94. The van der Waals surface area contributed by atoms with Crippen LogP contribution in [0.5, 0.6) is 0 Å². The molecule has 0 heterocycles. The van der Waals surface area contributed by atoms with Crippen LogP contribution in [0.25, 0.3) is 0 Å². The van der Waals surface area contributed by atoms with Crippen molar-refractivity contribution in [2.24, 2.45) is 4.99 Å². The van der Waals surface area contributed by atoms with E-state index in [2.05, 4.69) is 24.0 Å². The summed E-state index contributed by atoms with van der Waals surface area (Å²) in [6.07, 6.45) is 6.12. The van der Waals surface area contributed by atoms with E-state index < -0.39 is 0 Å². The lowest BCUT2D eigenvalue weighted by Gasteiger charge is -2.05. The molecule has 0 aromatic heterocycles. The first kappa shape index (κ1) is 18.1. The monoisotopic (exact) mass is 269 g/mol. The van der Waals surface area contributed by atoms with Crippen LogP contribution >= 0.6 is 0 Å². The van der Waals surface area contributed by atoms with E-state index in [1.165, 1.54) is 0 Å². The molecule has 110 valence electrons. The summed E-state index contributed by atoms with van der Waals surface area (Å²) in [4.78, 5) is 3.82. The number of nitrogens with zero attached hydrogens (tertiary/aromatic N) is 1. The fourth-order valence-electron chi connectivity index (χ4n) is 1.36. The van der Waals surface area contributed by atoms with Gasteiger partial charge in [0.05, 0.1) is 26.4 Å². The molecule has 0 saturated heterocycles. The summed E-state index contributed by atoms with van der Waals surface area (Å²) in [6.45, 7) is 11.9. The standard InChI is InChI=1S/C15H27NO3/c1-3-5-10-17-11-7-6-8-12-18-14-15-19-13-9-16-4-2/h3H,1-2,5-15H2. The van der Waals surface area contributed by atoms with Gasteiger partial charge < -0.3 is 14.2 Å². The van der Waals surface area contributed by atoms with Crippen LogP contribution in [0.3, 0.4) is 0 Å². The van der Waals surface area contributed by atoms with Gasteiger partial charge in [0.2, 0.25) is 0 Å². The largest absolute Gasteiger partial charge is 0.381 e. The Bertz CT molecular complexity index is 238. The molecule has 0 aromatic rings. The zero-order chi connectivity index (χ0) is 14.0. The lowest BCUT2D eigenvalue weighted by atomic mass is 10.2. The van der Waals surface area contributed by atoms with E-state index in [0.717, 1.165) is 45.5 Å². The van der Waals surface area contributed by atoms with E-state index in [-0.39, 0.29) is 0 Å². The third kappa shape index (κ3) is 17.1. The average Bonchev–Trinajstić information content (AvgIpc) is 2.43. The maximum atomic E-state index is 5.45. The predicted molar refractivity (Wildman–Crippen MR) is 79.1 cm³/mol. The quantitative estimate of drug-likeness (QED) is 0.261. The maximum absolute atomic E-state index is 5.45. The maximum Gasteiger partial charge on any atom is 0.0718 e. The Labute approximate surface area is 117 Å². The second kappa shape index (κ2) is 17.1. The Kier molecular flexibility index (Phi) is 16.2. The third-order valence-corrected chi connectivity index (χ3v) is 2.37. The van der Waals surface area contributed by atoms with Crippen molar-refractivity contribution in [2.75, 3.05) is 46.2 Å². The molecule has 0 aliphatic carbocycles. The summed E-state index contributed by atoms with van der Waals surface area (Å²) in [6, 6.07) is 0. The van der Waals surface area contributed by atoms with E-state index in [4.69, 9.17) is 14.2 Å². The highest BCUT2D eigenvalue weighted by atomic mass is 16.5. The highest BCUT2D eigenvalue weighted by molar-refractivity contribution is 5.46. The lowest BCUT2D eigenvalue weighted by Crippen LogP contribution is -2.07. The topological polar surface area (TPSA) is 40.0 Å². The van der Waals surface area contributed by atoms with Gasteiger partial charge in [-0.25, -0.2) is 4.99 Å². The molecule has 0 rings (SSSR count). The molecule has 0 amide bonds. The van der Waals surface area contributed by atoms with Crippen molar-refractivity contribution >= 4 is 5.87 Å². The first-order chi connectivity index (χ1) is 9.41. The summed E-state index contributed by atoms with van der Waals surface area (Å²) in [5.74, 6) is 2.46. The third-order valence-electron chi connectivity index (χ3n) is 2.37. The molecular weight excluding hydrogens is 242 g/mol.